The third kappa shape index (κ3) is 5.02. The number of aromatic amines is 1. The normalized spacial score (nSPS) is 11.5. The molecule has 0 aliphatic carbocycles. The zero-order chi connectivity index (χ0) is 20.6. The van der Waals surface area contributed by atoms with Gasteiger partial charge in [0.15, 0.2) is 17.5 Å². The molecule has 0 spiro atoms. The summed E-state index contributed by atoms with van der Waals surface area (Å²) < 4.78 is 11.0. The molecule has 0 unspecified atom stereocenters. The number of benzene rings is 2. The van der Waals surface area contributed by atoms with E-state index in [0.717, 1.165) is 36.0 Å². The summed E-state index contributed by atoms with van der Waals surface area (Å²) in [6.45, 7) is 6.14. The van der Waals surface area contributed by atoms with Crippen LogP contribution in [-0.4, -0.2) is 38.3 Å². The van der Waals surface area contributed by atoms with Crippen LogP contribution in [0, 0.1) is 6.92 Å². The van der Waals surface area contributed by atoms with Gasteiger partial charge in [0.05, 0.1) is 13.7 Å². The Bertz CT molecular complexity index is 978. The van der Waals surface area contributed by atoms with Crippen molar-refractivity contribution in [2.24, 2.45) is 4.99 Å². The molecule has 3 rings (SSSR count). The van der Waals surface area contributed by atoms with E-state index in [0.29, 0.717) is 13.2 Å². The molecule has 154 valence electrons. The molecule has 1 heterocycles. The number of aromatic nitrogens is 1. The fourth-order valence-electron chi connectivity index (χ4n) is 3.47. The van der Waals surface area contributed by atoms with Gasteiger partial charge in [-0.25, -0.2) is 0 Å². The lowest BCUT2D eigenvalue weighted by Gasteiger charge is -2.14. The summed E-state index contributed by atoms with van der Waals surface area (Å²) in [6.07, 6.45) is 0.924. The van der Waals surface area contributed by atoms with Gasteiger partial charge in [0, 0.05) is 36.7 Å². The van der Waals surface area contributed by atoms with Crippen LogP contribution in [0.2, 0.25) is 0 Å². The van der Waals surface area contributed by atoms with Gasteiger partial charge in [0.25, 0.3) is 0 Å². The number of nitrogens with zero attached hydrogens (tertiary/aromatic N) is 1. The molecule has 3 aromatic rings. The Morgan fingerprint density at radius 2 is 1.93 bits per heavy atom. The van der Waals surface area contributed by atoms with E-state index in [4.69, 9.17) is 9.47 Å². The number of hydrogen-bond acceptors (Lipinski definition) is 3. The molecule has 0 bridgehead atoms. The zero-order valence-electron chi connectivity index (χ0n) is 17.6. The predicted octanol–water partition coefficient (Wildman–Crippen LogP) is 3.79. The predicted molar refractivity (Wildman–Crippen MR) is 119 cm³/mol. The number of aliphatic imine (C=N–C) groups is 1. The van der Waals surface area contributed by atoms with Gasteiger partial charge in [0.1, 0.15) is 0 Å². The molecule has 0 atom stereocenters. The Hall–Kier alpha value is -3.15. The first kappa shape index (κ1) is 20.6. The van der Waals surface area contributed by atoms with Gasteiger partial charge in [-0.2, -0.15) is 0 Å². The second-order valence-corrected chi connectivity index (χ2v) is 6.79. The molecule has 2 aromatic carbocycles. The highest BCUT2D eigenvalue weighted by Crippen LogP contribution is 2.28. The van der Waals surface area contributed by atoms with Gasteiger partial charge < -0.3 is 25.1 Å². The number of rotatable bonds is 8. The third-order valence-electron chi connectivity index (χ3n) is 4.91. The third-order valence-corrected chi connectivity index (χ3v) is 4.91. The number of nitrogens with one attached hydrogen (secondary N) is 3. The van der Waals surface area contributed by atoms with E-state index in [9.17, 15) is 0 Å². The first-order valence-corrected chi connectivity index (χ1v) is 9.96. The fraction of sp³-hybridized carbons (Fsp3) is 0.348. The standard InChI is InChI=1S/C23H30N4O2/c1-5-29-22-14-17(10-11-21(22)28-4)15-26-23(24-3)25-13-12-18-16(2)27-20-9-7-6-8-19(18)20/h6-11,14,27H,5,12-13,15H2,1-4H3,(H2,24,25,26). The van der Waals surface area contributed by atoms with Crippen molar-refractivity contribution in [3.05, 3.63) is 59.3 Å². The van der Waals surface area contributed by atoms with E-state index >= 15 is 0 Å². The molecule has 0 radical (unpaired) electrons. The highest BCUT2D eigenvalue weighted by molar-refractivity contribution is 5.84. The smallest absolute Gasteiger partial charge is 0.191 e. The maximum atomic E-state index is 5.65. The minimum absolute atomic E-state index is 0.601. The average Bonchev–Trinajstić information content (AvgIpc) is 3.06. The highest BCUT2D eigenvalue weighted by Gasteiger charge is 2.09. The number of fused-ring (bicyclic) bond motifs is 1. The van der Waals surface area contributed by atoms with Crippen molar-refractivity contribution in [2.75, 3.05) is 27.3 Å². The van der Waals surface area contributed by atoms with Crippen LogP contribution in [0.4, 0.5) is 0 Å². The molecular formula is C23H30N4O2. The Labute approximate surface area is 172 Å². The molecule has 6 heteroatoms. The Kier molecular flexibility index (Phi) is 7.00. The Morgan fingerprint density at radius 3 is 2.69 bits per heavy atom. The van der Waals surface area contributed by atoms with Crippen molar-refractivity contribution >= 4 is 16.9 Å². The van der Waals surface area contributed by atoms with Gasteiger partial charge in [-0.05, 0) is 49.6 Å². The van der Waals surface area contributed by atoms with E-state index < -0.39 is 0 Å². The molecule has 29 heavy (non-hydrogen) atoms. The number of para-hydroxylation sites is 1. The summed E-state index contributed by atoms with van der Waals surface area (Å²) >= 11 is 0. The van der Waals surface area contributed by atoms with Crippen LogP contribution in [-0.2, 0) is 13.0 Å². The summed E-state index contributed by atoms with van der Waals surface area (Å²) in [5.74, 6) is 2.27. The molecule has 0 fully saturated rings. The largest absolute Gasteiger partial charge is 0.493 e. The first-order chi connectivity index (χ1) is 14.2. The van der Waals surface area contributed by atoms with E-state index in [1.807, 2.05) is 25.1 Å². The van der Waals surface area contributed by atoms with Crippen molar-refractivity contribution in [1.82, 2.24) is 15.6 Å². The fourth-order valence-corrected chi connectivity index (χ4v) is 3.47. The van der Waals surface area contributed by atoms with Crippen LogP contribution in [0.1, 0.15) is 23.7 Å². The van der Waals surface area contributed by atoms with E-state index in [1.54, 1.807) is 14.2 Å². The minimum Gasteiger partial charge on any atom is -0.493 e. The molecule has 0 saturated heterocycles. The summed E-state index contributed by atoms with van der Waals surface area (Å²) in [6, 6.07) is 14.4. The Balaban J connectivity index is 1.56. The van der Waals surface area contributed by atoms with Crippen LogP contribution in [0.15, 0.2) is 47.5 Å². The second kappa shape index (κ2) is 9.87. The molecule has 0 aliphatic rings. The van der Waals surface area contributed by atoms with Gasteiger partial charge in [-0.1, -0.05) is 24.3 Å². The lowest BCUT2D eigenvalue weighted by atomic mass is 10.1. The zero-order valence-corrected chi connectivity index (χ0v) is 17.6. The lowest BCUT2D eigenvalue weighted by Crippen LogP contribution is -2.37. The molecule has 0 saturated carbocycles. The topological polar surface area (TPSA) is 70.7 Å². The number of methoxy groups -OCH3 is 1. The van der Waals surface area contributed by atoms with Crippen LogP contribution >= 0.6 is 0 Å². The summed E-state index contributed by atoms with van der Waals surface area (Å²) in [4.78, 5) is 7.78. The van der Waals surface area contributed by atoms with E-state index in [1.165, 1.54) is 22.2 Å². The van der Waals surface area contributed by atoms with Gasteiger partial charge in [-0.3, -0.25) is 4.99 Å². The van der Waals surface area contributed by atoms with Gasteiger partial charge in [-0.15, -0.1) is 0 Å². The monoisotopic (exact) mass is 394 g/mol. The lowest BCUT2D eigenvalue weighted by molar-refractivity contribution is 0.310. The molecular weight excluding hydrogens is 364 g/mol. The van der Waals surface area contributed by atoms with Gasteiger partial charge in [0.2, 0.25) is 0 Å². The number of H-pyrrole nitrogens is 1. The van der Waals surface area contributed by atoms with Crippen LogP contribution < -0.4 is 20.1 Å². The summed E-state index contributed by atoms with van der Waals surface area (Å²) in [7, 11) is 3.43. The maximum absolute atomic E-state index is 5.65. The molecule has 3 N–H and O–H groups in total. The van der Waals surface area contributed by atoms with Crippen molar-refractivity contribution < 1.29 is 9.47 Å². The summed E-state index contributed by atoms with van der Waals surface area (Å²) in [5, 5.41) is 8.05. The maximum Gasteiger partial charge on any atom is 0.191 e. The number of hydrogen-bond donors (Lipinski definition) is 3. The number of guanidine groups is 1. The highest BCUT2D eigenvalue weighted by atomic mass is 16.5. The second-order valence-electron chi connectivity index (χ2n) is 6.79. The van der Waals surface area contributed by atoms with Crippen molar-refractivity contribution in [1.29, 1.82) is 0 Å². The van der Waals surface area contributed by atoms with Crippen LogP contribution in [0.5, 0.6) is 11.5 Å². The number of ether oxygens (including phenoxy) is 2. The molecule has 0 amide bonds. The SMILES string of the molecule is CCOc1cc(CNC(=NC)NCCc2c(C)[nH]c3ccccc23)ccc1OC. The average molecular weight is 395 g/mol. The quantitative estimate of drug-likeness (QED) is 0.402. The van der Waals surface area contributed by atoms with Gasteiger partial charge >= 0.3 is 0 Å². The Morgan fingerprint density at radius 1 is 1.10 bits per heavy atom. The van der Waals surface area contributed by atoms with Crippen LogP contribution in [0.3, 0.4) is 0 Å². The first-order valence-electron chi connectivity index (χ1n) is 9.96. The van der Waals surface area contributed by atoms with Crippen molar-refractivity contribution in [3.63, 3.8) is 0 Å². The minimum atomic E-state index is 0.601. The van der Waals surface area contributed by atoms with E-state index in [2.05, 4.69) is 51.8 Å². The molecule has 6 nitrogen and oxygen atoms in total. The van der Waals surface area contributed by atoms with E-state index in [-0.39, 0.29) is 0 Å². The number of aryl methyl sites for hydroxylation is 1. The summed E-state index contributed by atoms with van der Waals surface area (Å²) in [5.41, 5.74) is 4.86. The molecule has 1 aromatic heterocycles. The van der Waals surface area contributed by atoms with Crippen LogP contribution in [0.25, 0.3) is 10.9 Å². The molecule has 0 aliphatic heterocycles. The van der Waals surface area contributed by atoms with Crippen molar-refractivity contribution in [2.45, 2.75) is 26.8 Å². The van der Waals surface area contributed by atoms with Crippen molar-refractivity contribution in [3.8, 4) is 11.5 Å².